The average Bonchev–Trinajstić information content (AvgIpc) is 2.60. The third kappa shape index (κ3) is 2.60. The zero-order valence-corrected chi connectivity index (χ0v) is 10.2. The highest BCUT2D eigenvalue weighted by molar-refractivity contribution is 7.88. The minimum absolute atomic E-state index is 0.0680. The maximum atomic E-state index is 11.1. The van der Waals surface area contributed by atoms with E-state index in [1.54, 1.807) is 6.20 Å². The van der Waals surface area contributed by atoms with Crippen LogP contribution in [0.3, 0.4) is 0 Å². The first-order valence-corrected chi connectivity index (χ1v) is 7.00. The maximum Gasteiger partial charge on any atom is 0.208 e. The van der Waals surface area contributed by atoms with Crippen LogP contribution in [-0.4, -0.2) is 49.5 Å². The van der Waals surface area contributed by atoms with Gasteiger partial charge in [0.15, 0.2) is 0 Å². The molecule has 0 aromatic carbocycles. The number of sulfonamides is 1. The highest BCUT2D eigenvalue weighted by atomic mass is 32.2. The quantitative estimate of drug-likeness (QED) is 0.772. The molecule has 0 saturated carbocycles. The van der Waals surface area contributed by atoms with Gasteiger partial charge in [0.1, 0.15) is 0 Å². The lowest BCUT2D eigenvalue weighted by molar-refractivity contribution is 0.210. The van der Waals surface area contributed by atoms with Gasteiger partial charge in [-0.05, 0) is 13.1 Å². The Morgan fingerprint density at radius 3 is 3.06 bits per heavy atom. The molecule has 1 aromatic heterocycles. The van der Waals surface area contributed by atoms with E-state index in [2.05, 4.69) is 14.7 Å². The number of hydrogen-bond donors (Lipinski definition) is 1. The first-order valence-electron chi connectivity index (χ1n) is 5.11. The second-order valence-corrected chi connectivity index (χ2v) is 6.07. The lowest BCUT2D eigenvalue weighted by atomic mass is 10.2. The number of likely N-dealkylation sites (N-methyl/N-ethyl adjacent to an activating group) is 1. The second kappa shape index (κ2) is 4.15. The zero-order chi connectivity index (χ0) is 11.8. The van der Waals surface area contributed by atoms with E-state index in [1.165, 1.54) is 6.26 Å². The molecule has 2 heterocycles. The van der Waals surface area contributed by atoms with Gasteiger partial charge >= 0.3 is 0 Å². The summed E-state index contributed by atoms with van der Waals surface area (Å²) >= 11 is 0. The van der Waals surface area contributed by atoms with Gasteiger partial charge in [-0.25, -0.2) is 13.1 Å². The van der Waals surface area contributed by atoms with Gasteiger partial charge in [0, 0.05) is 25.8 Å². The van der Waals surface area contributed by atoms with E-state index >= 15 is 0 Å². The van der Waals surface area contributed by atoms with Crippen molar-refractivity contribution in [3.63, 3.8) is 0 Å². The van der Waals surface area contributed by atoms with Crippen molar-refractivity contribution in [2.75, 3.05) is 26.4 Å². The van der Waals surface area contributed by atoms with Crippen LogP contribution in [0.4, 0.5) is 0 Å². The predicted octanol–water partition coefficient (Wildman–Crippen LogP) is -0.581. The monoisotopic (exact) mass is 244 g/mol. The molecule has 16 heavy (non-hydrogen) atoms. The Hall–Kier alpha value is -0.920. The second-order valence-electron chi connectivity index (χ2n) is 4.24. The lowest BCUT2D eigenvalue weighted by Gasteiger charge is -2.31. The molecular weight excluding hydrogens is 228 g/mol. The number of aromatic nitrogens is 2. The number of fused-ring (bicyclic) bond motifs is 1. The lowest BCUT2D eigenvalue weighted by Crippen LogP contribution is -2.41. The molecular formula is C9H16N4O2S. The van der Waals surface area contributed by atoms with Crippen LogP contribution in [0, 0.1) is 0 Å². The van der Waals surface area contributed by atoms with Gasteiger partial charge in [0.05, 0.1) is 18.0 Å². The van der Waals surface area contributed by atoms with Crippen LogP contribution in [-0.2, 0) is 16.6 Å². The predicted molar refractivity (Wildman–Crippen MR) is 60.4 cm³/mol. The van der Waals surface area contributed by atoms with E-state index in [9.17, 15) is 8.42 Å². The summed E-state index contributed by atoms with van der Waals surface area (Å²) in [6, 6.07) is 2.03. The number of nitrogens with one attached hydrogen (secondary N) is 1. The van der Waals surface area contributed by atoms with Crippen LogP contribution in [0.15, 0.2) is 12.3 Å². The van der Waals surface area contributed by atoms with E-state index in [1.807, 2.05) is 17.8 Å². The van der Waals surface area contributed by atoms with E-state index in [0.29, 0.717) is 6.54 Å². The Labute approximate surface area is 95.3 Å². The third-order valence-corrected chi connectivity index (χ3v) is 3.32. The van der Waals surface area contributed by atoms with E-state index in [0.717, 1.165) is 18.8 Å². The molecule has 1 atom stereocenters. The highest BCUT2D eigenvalue weighted by Crippen LogP contribution is 2.18. The Morgan fingerprint density at radius 2 is 2.38 bits per heavy atom. The summed E-state index contributed by atoms with van der Waals surface area (Å²) in [4.78, 5) is 2.16. The standard InChI is InChI=1S/C9H16N4O2S/c1-12-6-8-3-4-10-13(8)9(7-12)5-11-16(2,14)15/h3-4,9,11H,5-7H2,1-2H3/t9-/m1/s1. The molecule has 7 heteroatoms. The molecule has 0 amide bonds. The number of nitrogens with zero attached hydrogens (tertiary/aromatic N) is 3. The summed E-state index contributed by atoms with van der Waals surface area (Å²) in [7, 11) is -1.12. The van der Waals surface area contributed by atoms with E-state index < -0.39 is 10.0 Å². The number of rotatable bonds is 3. The van der Waals surface area contributed by atoms with Gasteiger partial charge < -0.3 is 0 Å². The van der Waals surface area contributed by atoms with Gasteiger partial charge in [0.25, 0.3) is 0 Å². The minimum atomic E-state index is -3.14. The molecule has 0 aliphatic carbocycles. The van der Waals surface area contributed by atoms with Crippen molar-refractivity contribution in [2.24, 2.45) is 0 Å². The molecule has 1 aromatic rings. The van der Waals surface area contributed by atoms with Crippen LogP contribution in [0.5, 0.6) is 0 Å². The molecule has 2 rings (SSSR count). The van der Waals surface area contributed by atoms with Crippen molar-refractivity contribution in [1.82, 2.24) is 19.4 Å². The van der Waals surface area contributed by atoms with Crippen molar-refractivity contribution in [3.8, 4) is 0 Å². The molecule has 6 nitrogen and oxygen atoms in total. The molecule has 90 valence electrons. The Morgan fingerprint density at radius 1 is 1.62 bits per heavy atom. The molecule has 0 saturated heterocycles. The molecule has 0 unspecified atom stereocenters. The highest BCUT2D eigenvalue weighted by Gasteiger charge is 2.23. The van der Waals surface area contributed by atoms with Crippen molar-refractivity contribution < 1.29 is 8.42 Å². The van der Waals surface area contributed by atoms with Gasteiger partial charge in [-0.15, -0.1) is 0 Å². The van der Waals surface area contributed by atoms with Crippen LogP contribution < -0.4 is 4.72 Å². The summed E-state index contributed by atoms with van der Waals surface area (Å²) in [6.45, 7) is 2.05. The Kier molecular flexibility index (Phi) is 3.00. The fourth-order valence-corrected chi connectivity index (χ4v) is 2.47. The normalized spacial score (nSPS) is 22.0. The molecule has 0 bridgehead atoms. The fraction of sp³-hybridized carbons (Fsp3) is 0.667. The number of hydrogen-bond acceptors (Lipinski definition) is 4. The summed E-state index contributed by atoms with van der Waals surface area (Å²) in [5.41, 5.74) is 1.12. The first kappa shape index (κ1) is 11.6. The van der Waals surface area contributed by atoms with Crippen molar-refractivity contribution in [2.45, 2.75) is 12.6 Å². The summed E-state index contributed by atoms with van der Waals surface area (Å²) in [6.07, 6.45) is 2.92. The van der Waals surface area contributed by atoms with Gasteiger partial charge in [-0.2, -0.15) is 5.10 Å². The van der Waals surface area contributed by atoms with E-state index in [-0.39, 0.29) is 6.04 Å². The smallest absolute Gasteiger partial charge is 0.208 e. The molecule has 0 fully saturated rings. The average molecular weight is 244 g/mol. The van der Waals surface area contributed by atoms with Crippen LogP contribution >= 0.6 is 0 Å². The molecule has 1 aliphatic rings. The first-order chi connectivity index (χ1) is 7.46. The van der Waals surface area contributed by atoms with Crippen LogP contribution in [0.1, 0.15) is 11.7 Å². The van der Waals surface area contributed by atoms with Crippen molar-refractivity contribution in [1.29, 1.82) is 0 Å². The van der Waals surface area contributed by atoms with Crippen molar-refractivity contribution in [3.05, 3.63) is 18.0 Å². The van der Waals surface area contributed by atoms with E-state index in [4.69, 9.17) is 0 Å². The molecule has 1 aliphatic heterocycles. The van der Waals surface area contributed by atoms with Crippen LogP contribution in [0.25, 0.3) is 0 Å². The fourth-order valence-electron chi connectivity index (χ4n) is 1.97. The summed E-state index contributed by atoms with van der Waals surface area (Å²) < 4.78 is 26.5. The van der Waals surface area contributed by atoms with Gasteiger partial charge in [0.2, 0.25) is 10.0 Å². The SMILES string of the molecule is CN1Cc2ccnn2[C@H](CNS(C)(=O)=O)C1. The van der Waals surface area contributed by atoms with Crippen molar-refractivity contribution >= 4 is 10.0 Å². The molecule has 1 N–H and O–H groups in total. The molecule has 0 radical (unpaired) electrons. The Balaban J connectivity index is 2.12. The van der Waals surface area contributed by atoms with Gasteiger partial charge in [-0.1, -0.05) is 0 Å². The zero-order valence-electron chi connectivity index (χ0n) is 9.42. The maximum absolute atomic E-state index is 11.1. The summed E-state index contributed by atoms with van der Waals surface area (Å²) in [5.74, 6) is 0. The van der Waals surface area contributed by atoms with Crippen LogP contribution in [0.2, 0.25) is 0 Å². The Bertz CT molecular complexity index is 468. The topological polar surface area (TPSA) is 67.2 Å². The minimum Gasteiger partial charge on any atom is -0.298 e. The summed E-state index contributed by atoms with van der Waals surface area (Å²) in [5, 5.41) is 4.23. The van der Waals surface area contributed by atoms with Gasteiger partial charge in [-0.3, -0.25) is 9.58 Å². The molecule has 0 spiro atoms. The third-order valence-electron chi connectivity index (χ3n) is 2.63. The largest absolute Gasteiger partial charge is 0.298 e.